The standard InChI is InChI=1S/C16H16OS/c1-12-7-13(2)9-14(8-12)11-18-16-6-4-3-5-15(16)10-17/h3-10H,11H2,1-2H3. The van der Waals surface area contributed by atoms with Crippen LogP contribution in [-0.2, 0) is 5.75 Å². The van der Waals surface area contributed by atoms with Gasteiger partial charge in [-0.1, -0.05) is 47.5 Å². The van der Waals surface area contributed by atoms with Crippen LogP contribution in [0.2, 0.25) is 0 Å². The highest BCUT2D eigenvalue weighted by Crippen LogP contribution is 2.26. The van der Waals surface area contributed by atoms with Gasteiger partial charge in [-0.25, -0.2) is 0 Å². The Labute approximate surface area is 112 Å². The van der Waals surface area contributed by atoms with E-state index < -0.39 is 0 Å². The number of carbonyl (C=O) groups excluding carboxylic acids is 1. The average molecular weight is 256 g/mol. The number of aryl methyl sites for hydroxylation is 2. The van der Waals surface area contributed by atoms with E-state index in [4.69, 9.17) is 0 Å². The van der Waals surface area contributed by atoms with Crippen molar-refractivity contribution in [1.82, 2.24) is 0 Å². The van der Waals surface area contributed by atoms with E-state index in [1.807, 2.05) is 24.3 Å². The molecule has 0 aliphatic heterocycles. The molecule has 0 saturated heterocycles. The van der Waals surface area contributed by atoms with Crippen LogP contribution in [0.5, 0.6) is 0 Å². The fraction of sp³-hybridized carbons (Fsp3) is 0.188. The summed E-state index contributed by atoms with van der Waals surface area (Å²) in [4.78, 5) is 12.0. The van der Waals surface area contributed by atoms with Crippen LogP contribution in [-0.4, -0.2) is 6.29 Å². The predicted molar refractivity (Wildman–Crippen MR) is 77.3 cm³/mol. The monoisotopic (exact) mass is 256 g/mol. The number of hydrogen-bond donors (Lipinski definition) is 0. The van der Waals surface area contributed by atoms with Gasteiger partial charge in [0.15, 0.2) is 6.29 Å². The Balaban J connectivity index is 2.13. The molecule has 2 heteroatoms. The average Bonchev–Trinajstić information content (AvgIpc) is 2.35. The molecule has 0 heterocycles. The van der Waals surface area contributed by atoms with E-state index >= 15 is 0 Å². The number of benzene rings is 2. The first-order valence-electron chi connectivity index (χ1n) is 5.93. The lowest BCUT2D eigenvalue weighted by molar-refractivity contribution is 0.112. The third kappa shape index (κ3) is 3.23. The predicted octanol–water partition coefficient (Wildman–Crippen LogP) is 4.41. The van der Waals surface area contributed by atoms with Crippen molar-refractivity contribution >= 4 is 18.0 Å². The number of hydrogen-bond acceptors (Lipinski definition) is 2. The molecule has 0 bridgehead atoms. The smallest absolute Gasteiger partial charge is 0.151 e. The van der Waals surface area contributed by atoms with Crippen molar-refractivity contribution in [1.29, 1.82) is 0 Å². The van der Waals surface area contributed by atoms with Crippen molar-refractivity contribution in [2.45, 2.75) is 24.5 Å². The first-order chi connectivity index (χ1) is 8.69. The van der Waals surface area contributed by atoms with Gasteiger partial charge in [0.2, 0.25) is 0 Å². The summed E-state index contributed by atoms with van der Waals surface area (Å²) in [6.45, 7) is 4.22. The summed E-state index contributed by atoms with van der Waals surface area (Å²) in [6.07, 6.45) is 0.920. The first-order valence-corrected chi connectivity index (χ1v) is 6.92. The van der Waals surface area contributed by atoms with E-state index in [0.717, 1.165) is 22.5 Å². The zero-order chi connectivity index (χ0) is 13.0. The summed E-state index contributed by atoms with van der Waals surface area (Å²) >= 11 is 1.71. The Bertz CT molecular complexity index is 541. The van der Waals surface area contributed by atoms with Crippen molar-refractivity contribution < 1.29 is 4.79 Å². The van der Waals surface area contributed by atoms with Crippen LogP contribution >= 0.6 is 11.8 Å². The lowest BCUT2D eigenvalue weighted by atomic mass is 10.1. The van der Waals surface area contributed by atoms with Gasteiger partial charge >= 0.3 is 0 Å². The minimum Gasteiger partial charge on any atom is -0.298 e. The highest BCUT2D eigenvalue weighted by atomic mass is 32.2. The molecule has 0 N–H and O–H groups in total. The van der Waals surface area contributed by atoms with E-state index in [0.29, 0.717) is 0 Å². The lowest BCUT2D eigenvalue weighted by Crippen LogP contribution is -1.88. The molecule has 18 heavy (non-hydrogen) atoms. The van der Waals surface area contributed by atoms with Crippen LogP contribution < -0.4 is 0 Å². The minimum atomic E-state index is 0.770. The molecular weight excluding hydrogens is 240 g/mol. The van der Waals surface area contributed by atoms with E-state index in [2.05, 4.69) is 32.0 Å². The quantitative estimate of drug-likeness (QED) is 0.595. The summed E-state index contributed by atoms with van der Waals surface area (Å²) in [5.74, 6) is 0.896. The molecule has 0 aliphatic rings. The highest BCUT2D eigenvalue weighted by Gasteiger charge is 2.02. The van der Waals surface area contributed by atoms with E-state index in [-0.39, 0.29) is 0 Å². The van der Waals surface area contributed by atoms with Gasteiger partial charge in [-0.2, -0.15) is 0 Å². The van der Waals surface area contributed by atoms with Crippen molar-refractivity contribution in [2.75, 3.05) is 0 Å². The number of aldehydes is 1. The molecule has 0 atom stereocenters. The van der Waals surface area contributed by atoms with Crippen LogP contribution in [0, 0.1) is 13.8 Å². The number of carbonyl (C=O) groups is 1. The third-order valence-electron chi connectivity index (χ3n) is 2.72. The highest BCUT2D eigenvalue weighted by molar-refractivity contribution is 7.98. The van der Waals surface area contributed by atoms with Gasteiger partial charge in [0.25, 0.3) is 0 Å². The minimum absolute atomic E-state index is 0.770. The van der Waals surface area contributed by atoms with Crippen molar-refractivity contribution in [3.63, 3.8) is 0 Å². The van der Waals surface area contributed by atoms with Gasteiger partial charge in [0, 0.05) is 16.2 Å². The van der Waals surface area contributed by atoms with Gasteiger partial charge in [0.05, 0.1) is 0 Å². The molecule has 0 aliphatic carbocycles. The fourth-order valence-electron chi connectivity index (χ4n) is 2.02. The Morgan fingerprint density at radius 2 is 1.72 bits per heavy atom. The molecule has 0 fully saturated rings. The van der Waals surface area contributed by atoms with Crippen LogP contribution in [0.25, 0.3) is 0 Å². The van der Waals surface area contributed by atoms with Crippen molar-refractivity contribution in [3.8, 4) is 0 Å². The van der Waals surface area contributed by atoms with Gasteiger partial charge < -0.3 is 0 Å². The summed E-state index contributed by atoms with van der Waals surface area (Å²) < 4.78 is 0. The van der Waals surface area contributed by atoms with Gasteiger partial charge in [-0.15, -0.1) is 11.8 Å². The second-order valence-corrected chi connectivity index (χ2v) is 5.46. The number of thioether (sulfide) groups is 1. The SMILES string of the molecule is Cc1cc(C)cc(CSc2ccccc2C=O)c1. The summed E-state index contributed by atoms with van der Waals surface area (Å²) in [6, 6.07) is 14.3. The fourth-order valence-corrected chi connectivity index (χ4v) is 2.97. The lowest BCUT2D eigenvalue weighted by Gasteiger charge is -2.06. The van der Waals surface area contributed by atoms with Crippen LogP contribution in [0.3, 0.4) is 0 Å². The molecule has 2 aromatic carbocycles. The maximum atomic E-state index is 10.9. The van der Waals surface area contributed by atoms with Crippen LogP contribution in [0.1, 0.15) is 27.0 Å². The molecule has 0 unspecified atom stereocenters. The molecule has 0 spiro atoms. The maximum absolute atomic E-state index is 10.9. The largest absolute Gasteiger partial charge is 0.298 e. The molecule has 0 amide bonds. The summed E-state index contributed by atoms with van der Waals surface area (Å²) in [7, 11) is 0. The Morgan fingerprint density at radius 3 is 2.39 bits per heavy atom. The van der Waals surface area contributed by atoms with Crippen LogP contribution in [0.4, 0.5) is 0 Å². The molecular formula is C16H16OS. The molecule has 0 radical (unpaired) electrons. The summed E-state index contributed by atoms with van der Waals surface area (Å²) in [5.41, 5.74) is 4.65. The normalized spacial score (nSPS) is 10.3. The zero-order valence-corrected chi connectivity index (χ0v) is 11.5. The van der Waals surface area contributed by atoms with Crippen molar-refractivity contribution in [2.24, 2.45) is 0 Å². The molecule has 92 valence electrons. The Hall–Kier alpha value is -1.54. The van der Waals surface area contributed by atoms with Gasteiger partial charge in [-0.05, 0) is 25.5 Å². The van der Waals surface area contributed by atoms with Gasteiger partial charge in [-0.3, -0.25) is 4.79 Å². The topological polar surface area (TPSA) is 17.1 Å². The Kier molecular flexibility index (Phi) is 4.21. The molecule has 1 nitrogen and oxygen atoms in total. The summed E-state index contributed by atoms with van der Waals surface area (Å²) in [5, 5.41) is 0. The van der Waals surface area contributed by atoms with Gasteiger partial charge in [0.1, 0.15) is 0 Å². The second-order valence-electron chi connectivity index (χ2n) is 4.44. The second kappa shape index (κ2) is 5.87. The van der Waals surface area contributed by atoms with E-state index in [9.17, 15) is 4.79 Å². The van der Waals surface area contributed by atoms with E-state index in [1.165, 1.54) is 16.7 Å². The van der Waals surface area contributed by atoms with Crippen molar-refractivity contribution in [3.05, 3.63) is 64.7 Å². The molecule has 0 saturated carbocycles. The molecule has 0 aromatic heterocycles. The van der Waals surface area contributed by atoms with E-state index in [1.54, 1.807) is 11.8 Å². The zero-order valence-electron chi connectivity index (χ0n) is 10.6. The maximum Gasteiger partial charge on any atom is 0.151 e. The third-order valence-corrected chi connectivity index (χ3v) is 3.88. The number of rotatable bonds is 4. The molecule has 2 rings (SSSR count). The Morgan fingerprint density at radius 1 is 1.06 bits per heavy atom. The molecule has 2 aromatic rings. The van der Waals surface area contributed by atoms with Crippen LogP contribution in [0.15, 0.2) is 47.4 Å². The first kappa shape index (κ1) is 12.9.